The standard InChI is InChI=1S/C18H25N2O3P/c1-14(2)13-23-24(22,18(21)15-9-11-19-12-10-15)17-7-5-16(6-8-17)20(3)4/h5-12,14,18,21H,13H2,1-4H3/t18-,24+/m0/s1. The van der Waals surface area contributed by atoms with Gasteiger partial charge in [0.2, 0.25) is 0 Å². The lowest BCUT2D eigenvalue weighted by Crippen LogP contribution is -2.17. The molecule has 0 bridgehead atoms. The minimum Gasteiger partial charge on any atom is -0.378 e. The second-order valence-corrected chi connectivity index (χ2v) is 8.81. The van der Waals surface area contributed by atoms with Gasteiger partial charge < -0.3 is 14.5 Å². The molecule has 0 saturated carbocycles. The molecule has 6 heteroatoms. The van der Waals surface area contributed by atoms with Crippen LogP contribution in [0.5, 0.6) is 0 Å². The monoisotopic (exact) mass is 348 g/mol. The number of hydrogen-bond donors (Lipinski definition) is 1. The van der Waals surface area contributed by atoms with Crippen LogP contribution in [0, 0.1) is 5.92 Å². The Morgan fingerprint density at radius 3 is 2.21 bits per heavy atom. The van der Waals surface area contributed by atoms with Crippen LogP contribution in [0.15, 0.2) is 48.8 Å². The summed E-state index contributed by atoms with van der Waals surface area (Å²) in [5.41, 5.74) is 1.53. The van der Waals surface area contributed by atoms with Crippen molar-refractivity contribution in [1.82, 2.24) is 4.98 Å². The van der Waals surface area contributed by atoms with Crippen molar-refractivity contribution in [3.05, 3.63) is 54.4 Å². The van der Waals surface area contributed by atoms with E-state index in [1.165, 1.54) is 0 Å². The molecule has 1 N–H and O–H groups in total. The zero-order chi connectivity index (χ0) is 17.7. The molecule has 2 atom stereocenters. The average molecular weight is 348 g/mol. The lowest BCUT2D eigenvalue weighted by molar-refractivity contribution is 0.202. The molecular weight excluding hydrogens is 323 g/mol. The van der Waals surface area contributed by atoms with Crippen LogP contribution in [0.3, 0.4) is 0 Å². The Labute approximate surface area is 143 Å². The molecule has 0 aliphatic carbocycles. The number of aliphatic hydroxyl groups is 1. The summed E-state index contributed by atoms with van der Waals surface area (Å²) in [6, 6.07) is 10.6. The lowest BCUT2D eigenvalue weighted by Gasteiger charge is -2.25. The summed E-state index contributed by atoms with van der Waals surface area (Å²) in [7, 11) is 0.401. The SMILES string of the molecule is CC(C)CO[P@](=O)(c1ccc(N(C)C)cc1)[C@H](O)c1ccncc1. The van der Waals surface area contributed by atoms with Gasteiger partial charge in [0.1, 0.15) is 0 Å². The van der Waals surface area contributed by atoms with Crippen molar-refractivity contribution >= 4 is 18.4 Å². The van der Waals surface area contributed by atoms with Crippen molar-refractivity contribution in [1.29, 1.82) is 0 Å². The van der Waals surface area contributed by atoms with Gasteiger partial charge in [0, 0.05) is 37.5 Å². The Balaban J connectivity index is 2.41. The predicted octanol–water partition coefficient (Wildman–Crippen LogP) is 3.41. The van der Waals surface area contributed by atoms with Crippen molar-refractivity contribution in [3.63, 3.8) is 0 Å². The molecule has 0 saturated heterocycles. The van der Waals surface area contributed by atoms with E-state index in [4.69, 9.17) is 4.52 Å². The molecule has 0 aliphatic rings. The van der Waals surface area contributed by atoms with Gasteiger partial charge in [-0.1, -0.05) is 13.8 Å². The molecule has 0 unspecified atom stereocenters. The number of benzene rings is 1. The molecule has 2 rings (SSSR count). The maximum Gasteiger partial charge on any atom is 0.264 e. The summed E-state index contributed by atoms with van der Waals surface area (Å²) in [5.74, 6) is -1.01. The van der Waals surface area contributed by atoms with E-state index in [0.29, 0.717) is 17.5 Å². The van der Waals surface area contributed by atoms with Gasteiger partial charge in [0.05, 0.1) is 6.61 Å². The first-order chi connectivity index (χ1) is 11.3. The van der Waals surface area contributed by atoms with Gasteiger partial charge in [-0.15, -0.1) is 0 Å². The quantitative estimate of drug-likeness (QED) is 0.777. The third-order valence-electron chi connectivity index (χ3n) is 3.65. The lowest BCUT2D eigenvalue weighted by atomic mass is 10.2. The van der Waals surface area contributed by atoms with Crippen molar-refractivity contribution in [3.8, 4) is 0 Å². The minimum absolute atomic E-state index is 0.212. The van der Waals surface area contributed by atoms with Gasteiger partial charge in [-0.3, -0.25) is 9.55 Å². The third kappa shape index (κ3) is 4.23. The molecule has 1 heterocycles. The first kappa shape index (κ1) is 18.7. The van der Waals surface area contributed by atoms with Gasteiger partial charge in [0.25, 0.3) is 7.37 Å². The first-order valence-corrected chi connectivity index (χ1v) is 9.64. The summed E-state index contributed by atoms with van der Waals surface area (Å²) in [5, 5.41) is 11.3. The van der Waals surface area contributed by atoms with Crippen LogP contribution in [0.4, 0.5) is 5.69 Å². The molecule has 0 amide bonds. The highest BCUT2D eigenvalue weighted by Crippen LogP contribution is 2.57. The van der Waals surface area contributed by atoms with Gasteiger partial charge >= 0.3 is 0 Å². The molecule has 0 spiro atoms. The number of aliphatic hydroxyl groups excluding tert-OH is 1. The predicted molar refractivity (Wildman–Crippen MR) is 98.0 cm³/mol. The normalized spacial score (nSPS) is 15.1. The van der Waals surface area contributed by atoms with E-state index in [2.05, 4.69) is 4.98 Å². The topological polar surface area (TPSA) is 62.7 Å². The zero-order valence-corrected chi connectivity index (χ0v) is 15.5. The van der Waals surface area contributed by atoms with Crippen molar-refractivity contribution < 1.29 is 14.2 Å². The highest BCUT2D eigenvalue weighted by molar-refractivity contribution is 7.67. The molecule has 24 heavy (non-hydrogen) atoms. The number of hydrogen-bond acceptors (Lipinski definition) is 5. The molecule has 1 aromatic carbocycles. The number of pyridine rings is 1. The van der Waals surface area contributed by atoms with Crippen LogP contribution in [0.2, 0.25) is 0 Å². The van der Waals surface area contributed by atoms with Gasteiger partial charge in [-0.25, -0.2) is 0 Å². The molecule has 5 nitrogen and oxygen atoms in total. The van der Waals surface area contributed by atoms with Crippen LogP contribution in [-0.4, -0.2) is 30.8 Å². The zero-order valence-electron chi connectivity index (χ0n) is 14.6. The Morgan fingerprint density at radius 2 is 1.71 bits per heavy atom. The van der Waals surface area contributed by atoms with E-state index in [-0.39, 0.29) is 5.92 Å². The number of aromatic nitrogens is 1. The highest BCUT2D eigenvalue weighted by atomic mass is 31.2. The van der Waals surface area contributed by atoms with Crippen LogP contribution >= 0.6 is 7.37 Å². The van der Waals surface area contributed by atoms with E-state index >= 15 is 0 Å². The fourth-order valence-corrected chi connectivity index (χ4v) is 4.46. The van der Waals surface area contributed by atoms with Crippen LogP contribution in [-0.2, 0) is 9.09 Å². The largest absolute Gasteiger partial charge is 0.378 e. The molecule has 0 radical (unpaired) electrons. The number of anilines is 1. The summed E-state index contributed by atoms with van der Waals surface area (Å²) in [6.07, 6.45) is 3.14. The second kappa shape index (κ2) is 7.93. The Kier molecular flexibility index (Phi) is 6.16. The smallest absolute Gasteiger partial charge is 0.264 e. The third-order valence-corrected chi connectivity index (χ3v) is 6.14. The molecular formula is C18H25N2O3P. The van der Waals surface area contributed by atoms with Crippen molar-refractivity contribution in [2.45, 2.75) is 19.7 Å². The average Bonchev–Trinajstić information content (AvgIpc) is 2.59. The minimum atomic E-state index is -3.48. The van der Waals surface area contributed by atoms with E-state index in [1.807, 2.05) is 45.0 Å². The Bertz CT molecular complexity index is 687. The molecule has 1 aromatic heterocycles. The second-order valence-electron chi connectivity index (χ2n) is 6.35. The summed E-state index contributed by atoms with van der Waals surface area (Å²) >= 11 is 0. The maximum atomic E-state index is 13.6. The van der Waals surface area contributed by atoms with E-state index in [9.17, 15) is 9.67 Å². The number of nitrogens with zero attached hydrogens (tertiary/aromatic N) is 2. The van der Waals surface area contributed by atoms with E-state index in [0.717, 1.165) is 5.69 Å². The molecule has 2 aromatic rings. The molecule has 130 valence electrons. The van der Waals surface area contributed by atoms with Crippen LogP contribution < -0.4 is 10.2 Å². The van der Waals surface area contributed by atoms with E-state index < -0.39 is 13.2 Å². The summed E-state index contributed by atoms with van der Waals surface area (Å²) in [6.45, 7) is 4.28. The fourth-order valence-electron chi connectivity index (χ4n) is 2.24. The first-order valence-electron chi connectivity index (χ1n) is 7.95. The van der Waals surface area contributed by atoms with Crippen molar-refractivity contribution in [2.24, 2.45) is 5.92 Å². The summed E-state index contributed by atoms with van der Waals surface area (Å²) < 4.78 is 19.4. The Morgan fingerprint density at radius 1 is 1.12 bits per heavy atom. The van der Waals surface area contributed by atoms with E-state index in [1.54, 1.807) is 36.7 Å². The number of rotatable bonds is 7. The highest BCUT2D eigenvalue weighted by Gasteiger charge is 2.36. The van der Waals surface area contributed by atoms with Crippen molar-refractivity contribution in [2.75, 3.05) is 25.6 Å². The van der Waals surface area contributed by atoms with Gasteiger partial charge in [-0.05, 0) is 47.9 Å². The fraction of sp³-hybridized carbons (Fsp3) is 0.389. The molecule has 0 aliphatic heterocycles. The van der Waals surface area contributed by atoms with Gasteiger partial charge in [-0.2, -0.15) is 0 Å². The Hall–Kier alpha value is -1.68. The molecule has 0 fully saturated rings. The van der Waals surface area contributed by atoms with Gasteiger partial charge in [0.15, 0.2) is 5.85 Å². The van der Waals surface area contributed by atoms with Crippen LogP contribution in [0.25, 0.3) is 0 Å². The summed E-state index contributed by atoms with van der Waals surface area (Å²) in [4.78, 5) is 5.90. The maximum absolute atomic E-state index is 13.6. The van der Waals surface area contributed by atoms with Crippen LogP contribution in [0.1, 0.15) is 25.3 Å².